The first-order valence-electron chi connectivity index (χ1n) is 7.84. The topological polar surface area (TPSA) is 61.9 Å². The number of carbonyl (C=O) groups is 1. The maximum atomic E-state index is 12.7. The quantitative estimate of drug-likeness (QED) is 0.437. The summed E-state index contributed by atoms with van der Waals surface area (Å²) < 4.78 is 1.03. The second-order valence-corrected chi connectivity index (χ2v) is 9.60. The summed E-state index contributed by atoms with van der Waals surface area (Å²) in [6.45, 7) is 0. The summed E-state index contributed by atoms with van der Waals surface area (Å²) in [6, 6.07) is 11.0. The molecule has 0 fully saturated rings. The molecule has 0 atom stereocenters. The zero-order valence-corrected chi connectivity index (χ0v) is 18.2. The number of amides is 1. The van der Waals surface area contributed by atoms with Crippen LogP contribution >= 0.6 is 34.5 Å². The van der Waals surface area contributed by atoms with Gasteiger partial charge in [-0.3, -0.25) is 0 Å². The average molecular weight is 478 g/mol. The molecule has 0 aliphatic heterocycles. The van der Waals surface area contributed by atoms with Crippen LogP contribution in [-0.4, -0.2) is 42.4 Å². The zero-order valence-electron chi connectivity index (χ0n) is 14.0. The summed E-state index contributed by atoms with van der Waals surface area (Å²) >= 11 is 12.8. The van der Waals surface area contributed by atoms with Crippen LogP contribution in [0.4, 0.5) is 10.5 Å². The van der Waals surface area contributed by atoms with Crippen LogP contribution < -0.4 is 9.25 Å². The van der Waals surface area contributed by atoms with Gasteiger partial charge in [0.2, 0.25) is 0 Å². The van der Waals surface area contributed by atoms with E-state index in [2.05, 4.69) is 15.0 Å². The van der Waals surface area contributed by atoms with Gasteiger partial charge in [0.1, 0.15) is 0 Å². The van der Waals surface area contributed by atoms with Gasteiger partial charge in [-0.1, -0.05) is 0 Å². The number of benzene rings is 2. The van der Waals surface area contributed by atoms with Gasteiger partial charge in [-0.05, 0) is 0 Å². The maximum absolute atomic E-state index is 12.7. The Bertz CT molecular complexity index is 1130. The van der Waals surface area contributed by atoms with Crippen molar-refractivity contribution in [2.75, 3.05) is 11.9 Å². The van der Waals surface area contributed by atoms with Gasteiger partial charge in [-0.25, -0.2) is 0 Å². The van der Waals surface area contributed by atoms with E-state index in [1.165, 1.54) is 11.3 Å². The molecule has 5 nitrogen and oxygen atoms in total. The van der Waals surface area contributed by atoms with E-state index >= 15 is 0 Å². The van der Waals surface area contributed by atoms with Crippen molar-refractivity contribution in [3.05, 3.63) is 57.3 Å². The molecule has 1 N–H and O–H groups in total. The number of nitrogens with zero attached hydrogens (tertiary/aromatic N) is 3. The predicted molar refractivity (Wildman–Crippen MR) is 113 cm³/mol. The molecule has 0 aliphatic carbocycles. The number of aromatic nitrogens is 3. The molecule has 0 saturated heterocycles. The molecule has 1 radical (unpaired) electrons. The zero-order chi connectivity index (χ0) is 19.0. The van der Waals surface area contributed by atoms with Gasteiger partial charge in [0.05, 0.1) is 0 Å². The monoisotopic (exact) mass is 477 g/mol. The number of fused-ring (bicyclic) bond motifs is 1. The van der Waals surface area contributed by atoms with Crippen molar-refractivity contribution in [2.24, 2.45) is 0 Å². The van der Waals surface area contributed by atoms with Gasteiger partial charge in [0, 0.05) is 0 Å². The van der Waals surface area contributed by atoms with Crippen LogP contribution in [-0.2, 0) is 0 Å². The van der Waals surface area contributed by atoms with E-state index < -0.39 is 15.8 Å². The van der Waals surface area contributed by atoms with E-state index in [9.17, 15) is 4.79 Å². The van der Waals surface area contributed by atoms with Crippen LogP contribution in [0.5, 0.6) is 0 Å². The van der Waals surface area contributed by atoms with Gasteiger partial charge in [0.25, 0.3) is 0 Å². The van der Waals surface area contributed by atoms with Gasteiger partial charge in [0.15, 0.2) is 0 Å². The Morgan fingerprint density at radius 1 is 1.19 bits per heavy atom. The van der Waals surface area contributed by atoms with Crippen molar-refractivity contribution in [3.63, 3.8) is 0 Å². The Labute approximate surface area is 176 Å². The molecular weight excluding hydrogens is 466 g/mol. The molecule has 0 bridgehead atoms. The molecule has 135 valence electrons. The van der Waals surface area contributed by atoms with Crippen LogP contribution in [0.1, 0.15) is 0 Å². The van der Waals surface area contributed by atoms with Crippen LogP contribution in [0.15, 0.2) is 47.3 Å². The summed E-state index contributed by atoms with van der Waals surface area (Å²) in [6.07, 6.45) is 0. The number of hydrogen-bond acceptors (Lipinski definition) is 4. The van der Waals surface area contributed by atoms with E-state index in [4.69, 9.17) is 23.2 Å². The summed E-state index contributed by atoms with van der Waals surface area (Å²) in [5.74, 6) is 0.735. The van der Waals surface area contributed by atoms with Crippen molar-refractivity contribution >= 4 is 76.1 Å². The molecule has 27 heavy (non-hydrogen) atoms. The summed E-state index contributed by atoms with van der Waals surface area (Å²) in [5.41, 5.74) is 5.07. The second kappa shape index (κ2) is 7.64. The molecule has 0 aliphatic rings. The van der Waals surface area contributed by atoms with Gasteiger partial charge >= 0.3 is 177 Å². The number of thiazole rings is 1. The van der Waals surface area contributed by atoms with Crippen molar-refractivity contribution in [2.45, 2.75) is 0 Å². The Kier molecular flexibility index (Phi) is 5.24. The van der Waals surface area contributed by atoms with Gasteiger partial charge in [-0.2, -0.15) is 0 Å². The fraction of sp³-hybridized carbons (Fsp3) is 0.0556. The molecule has 2 aromatic carbocycles. The summed E-state index contributed by atoms with van der Waals surface area (Å²) in [5, 5.41) is 2.84. The standard InChI is InChI=1S/C18H12AsCl2N4OS/c1-25(11-3-4-12(20)13(21)7-11)18(26)19-10-2-5-14-15(6-10)24-17(23-14)16-8-27-9-22-16/h2-9H,1H3,(H,23,24). The first kappa shape index (κ1) is 18.5. The number of halogens is 2. The third kappa shape index (κ3) is 3.90. The number of aromatic amines is 1. The number of hydrogen-bond donors (Lipinski definition) is 1. The predicted octanol–water partition coefficient (Wildman–Crippen LogP) is 4.58. The number of rotatable bonds is 4. The molecule has 0 unspecified atom stereocenters. The Hall–Kier alpha value is -1.85. The Balaban J connectivity index is 1.55. The number of anilines is 1. The minimum absolute atomic E-state index is 0.0447. The SMILES string of the molecule is CN(C(=O)[As]c1ccc2nc(-c3cscn3)[nH]c2c1)c1ccc(Cl)c(Cl)c1. The third-order valence-electron chi connectivity index (χ3n) is 3.94. The normalized spacial score (nSPS) is 11.5. The van der Waals surface area contributed by atoms with Crippen molar-refractivity contribution < 1.29 is 4.79 Å². The minimum atomic E-state index is -0.713. The molecule has 4 aromatic rings. The van der Waals surface area contributed by atoms with E-state index in [-0.39, 0.29) is 4.69 Å². The molecule has 2 aromatic heterocycles. The van der Waals surface area contributed by atoms with Crippen LogP contribution in [0.3, 0.4) is 0 Å². The Morgan fingerprint density at radius 2 is 2.04 bits per heavy atom. The van der Waals surface area contributed by atoms with Crippen LogP contribution in [0, 0.1) is 0 Å². The number of nitrogens with one attached hydrogen (secondary N) is 1. The Morgan fingerprint density at radius 3 is 2.78 bits per heavy atom. The third-order valence-corrected chi connectivity index (χ3v) is 7.42. The van der Waals surface area contributed by atoms with Crippen LogP contribution in [0.25, 0.3) is 22.6 Å². The molecular formula is C18H12AsCl2N4OS. The number of H-pyrrole nitrogens is 1. The fourth-order valence-corrected chi connectivity index (χ4v) is 5.08. The van der Waals surface area contributed by atoms with Crippen molar-refractivity contribution in [1.29, 1.82) is 0 Å². The van der Waals surface area contributed by atoms with E-state index in [1.807, 2.05) is 23.6 Å². The van der Waals surface area contributed by atoms with Crippen molar-refractivity contribution in [1.82, 2.24) is 15.0 Å². The summed E-state index contributed by atoms with van der Waals surface area (Å²) in [4.78, 5) is 26.4. The molecule has 4 rings (SSSR count). The first-order valence-corrected chi connectivity index (χ1v) is 11.4. The van der Waals surface area contributed by atoms with Crippen molar-refractivity contribution in [3.8, 4) is 11.5 Å². The van der Waals surface area contributed by atoms with E-state index in [1.54, 1.807) is 35.7 Å². The molecule has 1 amide bonds. The number of imidazole rings is 1. The average Bonchev–Trinajstić information content (AvgIpc) is 3.32. The second-order valence-electron chi connectivity index (χ2n) is 5.71. The molecule has 0 saturated carbocycles. The first-order chi connectivity index (χ1) is 13.0. The van der Waals surface area contributed by atoms with Crippen LogP contribution in [0.2, 0.25) is 10.0 Å². The van der Waals surface area contributed by atoms with Gasteiger partial charge < -0.3 is 0 Å². The van der Waals surface area contributed by atoms with Gasteiger partial charge in [-0.15, -0.1) is 0 Å². The molecule has 2 heterocycles. The fourth-order valence-electron chi connectivity index (χ4n) is 2.51. The number of carbonyl (C=O) groups excluding carboxylic acids is 1. The van der Waals surface area contributed by atoms with E-state index in [0.29, 0.717) is 10.0 Å². The molecule has 0 spiro atoms. The molecule has 9 heteroatoms. The summed E-state index contributed by atoms with van der Waals surface area (Å²) in [7, 11) is 1.74. The van der Waals surface area contributed by atoms with E-state index in [0.717, 1.165) is 32.6 Å².